The van der Waals surface area contributed by atoms with E-state index in [1.165, 1.54) is 43.7 Å². The summed E-state index contributed by atoms with van der Waals surface area (Å²) in [5, 5.41) is 5.14. The Morgan fingerprint density at radius 1 is 0.486 bits per heavy atom. The first-order chi connectivity index (χ1) is 18.3. The zero-order valence-electron chi connectivity index (χ0n) is 20.7. The number of nitrogens with zero attached hydrogens (tertiary/aromatic N) is 2. The minimum Gasteiger partial charge on any atom is -0.343 e. The molecular weight excluding hydrogens is 448 g/mol. The van der Waals surface area contributed by atoms with E-state index in [2.05, 4.69) is 156 Å². The van der Waals surface area contributed by atoms with Crippen LogP contribution in [0.25, 0.3) is 43.7 Å². The van der Waals surface area contributed by atoms with Gasteiger partial charge in [0.25, 0.3) is 0 Å². The van der Waals surface area contributed by atoms with Crippen LogP contribution >= 0.6 is 0 Å². The minimum atomic E-state index is 1.14. The van der Waals surface area contributed by atoms with Gasteiger partial charge in [-0.1, -0.05) is 91.0 Å². The lowest BCUT2D eigenvalue weighted by Crippen LogP contribution is -2.09. The summed E-state index contributed by atoms with van der Waals surface area (Å²) in [6.07, 6.45) is 0. The van der Waals surface area contributed by atoms with E-state index >= 15 is 0 Å². The van der Waals surface area contributed by atoms with Crippen molar-refractivity contribution in [2.75, 3.05) is 4.90 Å². The van der Waals surface area contributed by atoms with E-state index in [-0.39, 0.29) is 0 Å². The number of hydrogen-bond acceptors (Lipinski definition) is 1. The highest BCUT2D eigenvalue weighted by Crippen LogP contribution is 2.39. The van der Waals surface area contributed by atoms with Crippen molar-refractivity contribution in [3.05, 3.63) is 140 Å². The summed E-state index contributed by atoms with van der Waals surface area (Å²) < 4.78 is 2.35. The average molecular weight is 475 g/mol. The van der Waals surface area contributed by atoms with Gasteiger partial charge in [0, 0.05) is 46.0 Å². The molecule has 0 saturated heterocycles. The first kappa shape index (κ1) is 21.5. The molecule has 2 nitrogen and oxygen atoms in total. The molecule has 0 aliphatic heterocycles. The quantitative estimate of drug-likeness (QED) is 0.246. The molecule has 0 saturated carbocycles. The van der Waals surface area contributed by atoms with Crippen LogP contribution in [0.5, 0.6) is 0 Å². The van der Waals surface area contributed by atoms with Gasteiger partial charge in [-0.05, 0) is 64.9 Å². The number of aromatic nitrogens is 1. The number of para-hydroxylation sites is 3. The summed E-state index contributed by atoms with van der Waals surface area (Å²) in [5.74, 6) is 0. The summed E-state index contributed by atoms with van der Waals surface area (Å²) in [5.41, 5.74) is 8.41. The van der Waals surface area contributed by atoms with E-state index in [4.69, 9.17) is 0 Å². The first-order valence-corrected chi connectivity index (χ1v) is 12.7. The fourth-order valence-corrected chi connectivity index (χ4v) is 5.59. The summed E-state index contributed by atoms with van der Waals surface area (Å²) in [4.78, 5) is 2.30. The minimum absolute atomic E-state index is 1.14. The van der Waals surface area contributed by atoms with E-state index in [1.807, 2.05) is 0 Å². The second-order valence-corrected chi connectivity index (χ2v) is 9.53. The molecule has 0 spiro atoms. The lowest BCUT2D eigenvalue weighted by atomic mass is 10.0. The van der Waals surface area contributed by atoms with Crippen LogP contribution in [-0.4, -0.2) is 4.57 Å². The number of anilines is 3. The van der Waals surface area contributed by atoms with Gasteiger partial charge in [-0.25, -0.2) is 0 Å². The van der Waals surface area contributed by atoms with Gasteiger partial charge in [0.1, 0.15) is 0 Å². The Balaban J connectivity index is 1.37. The summed E-state index contributed by atoms with van der Waals surface area (Å²) in [6, 6.07) is 50.0. The van der Waals surface area contributed by atoms with Crippen LogP contribution in [0.15, 0.2) is 140 Å². The zero-order valence-corrected chi connectivity index (χ0v) is 20.7. The molecule has 1 heterocycles. The van der Waals surface area contributed by atoms with Gasteiger partial charge in [-0.3, -0.25) is 0 Å². The Hall–Kier alpha value is -4.82. The zero-order chi connectivity index (χ0) is 24.8. The van der Waals surface area contributed by atoms with Crippen LogP contribution in [0.3, 0.4) is 0 Å². The highest BCUT2D eigenvalue weighted by molar-refractivity contribution is 6.15. The second kappa shape index (κ2) is 8.69. The second-order valence-electron chi connectivity index (χ2n) is 9.53. The molecule has 7 rings (SSSR count). The van der Waals surface area contributed by atoms with Crippen LogP contribution in [0, 0.1) is 0 Å². The molecule has 0 N–H and O–H groups in total. The van der Waals surface area contributed by atoms with Crippen LogP contribution < -0.4 is 4.90 Å². The third-order valence-corrected chi connectivity index (χ3v) is 7.35. The molecule has 176 valence electrons. The monoisotopic (exact) mass is 474 g/mol. The topological polar surface area (TPSA) is 8.17 Å². The van der Waals surface area contributed by atoms with Gasteiger partial charge in [-0.15, -0.1) is 0 Å². The molecular formula is C35H26N2. The molecule has 0 aliphatic carbocycles. The Morgan fingerprint density at radius 3 is 1.70 bits per heavy atom. The maximum Gasteiger partial charge on any atom is 0.0568 e. The fraction of sp³-hybridized carbons (Fsp3) is 0.0286. The van der Waals surface area contributed by atoms with Crippen LogP contribution in [0.4, 0.5) is 17.1 Å². The van der Waals surface area contributed by atoms with Crippen molar-refractivity contribution in [2.24, 2.45) is 7.05 Å². The molecule has 2 heteroatoms. The number of rotatable bonds is 4. The van der Waals surface area contributed by atoms with Gasteiger partial charge < -0.3 is 9.47 Å². The lowest BCUT2D eigenvalue weighted by Gasteiger charge is -2.25. The number of hydrogen-bond donors (Lipinski definition) is 0. The van der Waals surface area contributed by atoms with Gasteiger partial charge in [0.15, 0.2) is 0 Å². The van der Waals surface area contributed by atoms with E-state index in [1.54, 1.807) is 0 Å². The van der Waals surface area contributed by atoms with E-state index in [0.717, 1.165) is 17.1 Å². The molecule has 0 radical (unpaired) electrons. The van der Waals surface area contributed by atoms with Gasteiger partial charge in [-0.2, -0.15) is 0 Å². The van der Waals surface area contributed by atoms with E-state index < -0.39 is 0 Å². The van der Waals surface area contributed by atoms with Crippen LogP contribution in [0.1, 0.15) is 0 Å². The highest BCUT2D eigenvalue weighted by Gasteiger charge is 2.15. The third kappa shape index (κ3) is 3.57. The molecule has 0 atom stereocenters. The number of fused-ring (bicyclic) bond motifs is 4. The summed E-state index contributed by atoms with van der Waals surface area (Å²) in [6.45, 7) is 0. The average Bonchev–Trinajstić information content (AvgIpc) is 3.24. The largest absolute Gasteiger partial charge is 0.343 e. The standard InChI is InChI=1S/C35H26N2/c1-36-34-24-27-12-9-8-11-26(27)23-33(34)32-18-10-17-31(35(32)36)25-19-21-30(22-20-25)37(28-13-4-2-5-14-28)29-15-6-3-7-16-29/h2-24H,1H3. The third-order valence-electron chi connectivity index (χ3n) is 7.35. The summed E-state index contributed by atoms with van der Waals surface area (Å²) in [7, 11) is 2.18. The Morgan fingerprint density at radius 2 is 1.05 bits per heavy atom. The van der Waals surface area contributed by atoms with Gasteiger partial charge in [0.05, 0.1) is 5.52 Å². The fourth-order valence-electron chi connectivity index (χ4n) is 5.59. The molecule has 37 heavy (non-hydrogen) atoms. The first-order valence-electron chi connectivity index (χ1n) is 12.7. The van der Waals surface area contributed by atoms with Crippen LogP contribution in [0.2, 0.25) is 0 Å². The number of benzene rings is 6. The van der Waals surface area contributed by atoms with Crippen molar-refractivity contribution in [1.82, 2.24) is 4.57 Å². The Labute approximate surface area is 216 Å². The number of aryl methyl sites for hydroxylation is 1. The molecule has 0 fully saturated rings. The normalized spacial score (nSPS) is 11.4. The van der Waals surface area contributed by atoms with E-state index in [0.29, 0.717) is 0 Å². The highest BCUT2D eigenvalue weighted by atomic mass is 15.1. The predicted molar refractivity (Wildman–Crippen MR) is 158 cm³/mol. The SMILES string of the molecule is Cn1c2cc3ccccc3cc2c2cccc(-c3ccc(N(c4ccccc4)c4ccccc4)cc3)c21. The van der Waals surface area contributed by atoms with E-state index in [9.17, 15) is 0 Å². The Kier molecular flexibility index (Phi) is 5.04. The molecule has 1 aromatic heterocycles. The van der Waals surface area contributed by atoms with Gasteiger partial charge in [0.2, 0.25) is 0 Å². The van der Waals surface area contributed by atoms with Crippen molar-refractivity contribution >= 4 is 49.6 Å². The smallest absolute Gasteiger partial charge is 0.0568 e. The maximum absolute atomic E-state index is 2.35. The van der Waals surface area contributed by atoms with Crippen molar-refractivity contribution in [2.45, 2.75) is 0 Å². The summed E-state index contributed by atoms with van der Waals surface area (Å²) >= 11 is 0. The van der Waals surface area contributed by atoms with Crippen LogP contribution in [-0.2, 0) is 7.05 Å². The molecule has 0 unspecified atom stereocenters. The molecule has 0 aliphatic rings. The maximum atomic E-state index is 2.35. The predicted octanol–water partition coefficient (Wildman–Crippen LogP) is 9.62. The molecule has 0 amide bonds. The van der Waals surface area contributed by atoms with Crippen molar-refractivity contribution < 1.29 is 0 Å². The molecule has 7 aromatic rings. The van der Waals surface area contributed by atoms with Crippen molar-refractivity contribution in [3.63, 3.8) is 0 Å². The van der Waals surface area contributed by atoms with Gasteiger partial charge >= 0.3 is 0 Å². The van der Waals surface area contributed by atoms with Crippen molar-refractivity contribution in [1.29, 1.82) is 0 Å². The lowest BCUT2D eigenvalue weighted by molar-refractivity contribution is 1.02. The Bertz CT molecular complexity index is 1830. The van der Waals surface area contributed by atoms with Crippen molar-refractivity contribution in [3.8, 4) is 11.1 Å². The molecule has 0 bridgehead atoms. The molecule has 6 aromatic carbocycles.